The molecule has 0 aliphatic carbocycles. The van der Waals surface area contributed by atoms with E-state index in [1.54, 1.807) is 45.0 Å². The maximum atomic E-state index is 14.6. The largest absolute Gasteiger partial charge is 0.302 e. The third kappa shape index (κ3) is 3.61. The van der Waals surface area contributed by atoms with Crippen LogP contribution in [0.25, 0.3) is 0 Å². The molecule has 1 unspecified atom stereocenters. The second kappa shape index (κ2) is 7.88. The Kier molecular flexibility index (Phi) is 5.68. The van der Waals surface area contributed by atoms with Crippen LogP contribution in [-0.2, 0) is 4.57 Å². The predicted molar refractivity (Wildman–Crippen MR) is 114 cm³/mol. The Labute approximate surface area is 170 Å². The molecule has 0 saturated carbocycles. The molecule has 3 nitrogen and oxygen atoms in total. The summed E-state index contributed by atoms with van der Waals surface area (Å²) < 4.78 is 28.8. The van der Waals surface area contributed by atoms with Gasteiger partial charge < -0.3 is 4.57 Å². The third-order valence-corrected chi connectivity index (χ3v) is 7.64. The SMILES string of the molecule is Cc1cc(C)c(C(=O)P(=O)(C(=O)c2c(C)cccc2F)c2ccccc2)c(C)c1. The van der Waals surface area contributed by atoms with Crippen molar-refractivity contribution in [2.45, 2.75) is 27.7 Å². The lowest BCUT2D eigenvalue weighted by Crippen LogP contribution is -2.23. The fourth-order valence-electron chi connectivity index (χ4n) is 3.70. The minimum atomic E-state index is -4.34. The first-order valence-electron chi connectivity index (χ1n) is 9.26. The Morgan fingerprint density at radius 2 is 1.28 bits per heavy atom. The summed E-state index contributed by atoms with van der Waals surface area (Å²) in [5.74, 6) is -0.781. The number of carbonyl (C=O) groups excluding carboxylic acids is 2. The number of halogens is 1. The van der Waals surface area contributed by atoms with Gasteiger partial charge in [-0.2, -0.15) is 0 Å². The Hall–Kier alpha value is -2.84. The maximum absolute atomic E-state index is 14.6. The maximum Gasteiger partial charge on any atom is 0.248 e. The number of benzene rings is 3. The molecule has 3 aromatic carbocycles. The molecule has 0 radical (unpaired) electrons. The van der Waals surface area contributed by atoms with Crippen LogP contribution >= 0.6 is 7.14 Å². The van der Waals surface area contributed by atoms with Crippen molar-refractivity contribution in [1.82, 2.24) is 0 Å². The van der Waals surface area contributed by atoms with E-state index in [0.29, 0.717) is 16.7 Å². The van der Waals surface area contributed by atoms with E-state index in [9.17, 15) is 18.5 Å². The average Bonchev–Trinajstić information content (AvgIpc) is 2.66. The summed E-state index contributed by atoms with van der Waals surface area (Å²) >= 11 is 0. The molecule has 0 N–H and O–H groups in total. The molecule has 0 aromatic heterocycles. The van der Waals surface area contributed by atoms with Crippen LogP contribution in [0.1, 0.15) is 43.0 Å². The van der Waals surface area contributed by atoms with Gasteiger partial charge in [-0.1, -0.05) is 60.2 Å². The van der Waals surface area contributed by atoms with Gasteiger partial charge in [0.1, 0.15) is 5.82 Å². The molecule has 3 rings (SSSR count). The van der Waals surface area contributed by atoms with Gasteiger partial charge in [0.15, 0.2) is 0 Å². The quantitative estimate of drug-likeness (QED) is 0.507. The fourth-order valence-corrected chi connectivity index (χ4v) is 6.21. The highest BCUT2D eigenvalue weighted by atomic mass is 31.2. The molecule has 0 fully saturated rings. The molecule has 1 atom stereocenters. The van der Waals surface area contributed by atoms with E-state index in [1.165, 1.54) is 18.2 Å². The summed E-state index contributed by atoms with van der Waals surface area (Å²) in [4.78, 5) is 27.1. The van der Waals surface area contributed by atoms with Gasteiger partial charge in [0, 0.05) is 10.9 Å². The molecule has 148 valence electrons. The van der Waals surface area contributed by atoms with Crippen molar-refractivity contribution in [2.24, 2.45) is 0 Å². The Bertz CT molecular complexity index is 1120. The van der Waals surface area contributed by atoms with E-state index >= 15 is 0 Å². The Morgan fingerprint density at radius 3 is 1.83 bits per heavy atom. The van der Waals surface area contributed by atoms with Crippen molar-refractivity contribution in [3.05, 3.63) is 99.9 Å². The van der Waals surface area contributed by atoms with E-state index in [0.717, 1.165) is 11.6 Å². The van der Waals surface area contributed by atoms with Crippen LogP contribution in [0.15, 0.2) is 60.7 Å². The van der Waals surface area contributed by atoms with Crippen LogP contribution in [0.2, 0.25) is 0 Å². The van der Waals surface area contributed by atoms with E-state index in [1.807, 2.05) is 19.1 Å². The highest BCUT2D eigenvalue weighted by Crippen LogP contribution is 2.52. The van der Waals surface area contributed by atoms with E-state index in [-0.39, 0.29) is 16.4 Å². The molecule has 0 amide bonds. The van der Waals surface area contributed by atoms with Crippen molar-refractivity contribution in [2.75, 3.05) is 0 Å². The minimum absolute atomic E-state index is 0.108. The molecule has 0 heterocycles. The molecule has 0 spiro atoms. The highest BCUT2D eigenvalue weighted by molar-refractivity contribution is 8.01. The van der Waals surface area contributed by atoms with Crippen LogP contribution < -0.4 is 5.30 Å². The topological polar surface area (TPSA) is 51.2 Å². The van der Waals surface area contributed by atoms with E-state index < -0.39 is 24.0 Å². The lowest BCUT2D eigenvalue weighted by atomic mass is 10.0. The first kappa shape index (κ1) is 20.9. The Morgan fingerprint density at radius 1 is 0.724 bits per heavy atom. The van der Waals surface area contributed by atoms with Gasteiger partial charge in [0.2, 0.25) is 18.2 Å². The highest BCUT2D eigenvalue weighted by Gasteiger charge is 2.45. The lowest BCUT2D eigenvalue weighted by molar-refractivity contribution is 0.103. The van der Waals surface area contributed by atoms with Crippen molar-refractivity contribution >= 4 is 23.5 Å². The normalized spacial score (nSPS) is 13.0. The zero-order valence-corrected chi connectivity index (χ0v) is 17.7. The molecule has 3 aromatic rings. The smallest absolute Gasteiger partial charge is 0.248 e. The standard InChI is InChI=1S/C24H22FO3P/c1-15-13-17(3)21(18(4)14-15)23(26)29(28,19-10-6-5-7-11-19)24(27)22-16(2)9-8-12-20(22)25/h5-14H,1-4H3. The van der Waals surface area contributed by atoms with Crippen LogP contribution in [-0.4, -0.2) is 11.0 Å². The monoisotopic (exact) mass is 408 g/mol. The summed E-state index contributed by atoms with van der Waals surface area (Å²) in [6.45, 7) is 6.97. The summed E-state index contributed by atoms with van der Waals surface area (Å²) in [7, 11) is -4.34. The predicted octanol–water partition coefficient (Wildman–Crippen LogP) is 5.73. The lowest BCUT2D eigenvalue weighted by Gasteiger charge is -2.20. The van der Waals surface area contributed by atoms with Crippen molar-refractivity contribution in [3.8, 4) is 0 Å². The van der Waals surface area contributed by atoms with Crippen LogP contribution in [0.3, 0.4) is 0 Å². The molecule has 5 heteroatoms. The zero-order valence-electron chi connectivity index (χ0n) is 16.8. The molecule has 0 aliphatic heterocycles. The van der Waals surface area contributed by atoms with Crippen molar-refractivity contribution in [1.29, 1.82) is 0 Å². The zero-order chi connectivity index (χ0) is 21.3. The summed E-state index contributed by atoms with van der Waals surface area (Å²) in [5, 5.41) is 0.108. The Balaban J connectivity index is 2.31. The number of hydrogen-bond donors (Lipinski definition) is 0. The molecule has 0 bridgehead atoms. The first-order valence-corrected chi connectivity index (χ1v) is 11.0. The van der Waals surface area contributed by atoms with Gasteiger partial charge in [-0.05, 0) is 50.5 Å². The molecular weight excluding hydrogens is 386 g/mol. The average molecular weight is 408 g/mol. The van der Waals surface area contributed by atoms with Gasteiger partial charge in [0.25, 0.3) is 0 Å². The second-order valence-corrected chi connectivity index (χ2v) is 9.81. The van der Waals surface area contributed by atoms with E-state index in [2.05, 4.69) is 0 Å². The number of carbonyl (C=O) groups is 2. The molecular formula is C24H22FO3P. The summed E-state index contributed by atoms with van der Waals surface area (Å²) in [6.07, 6.45) is 0. The van der Waals surface area contributed by atoms with Gasteiger partial charge in [-0.15, -0.1) is 0 Å². The summed E-state index contributed by atoms with van der Waals surface area (Å²) in [5.41, 5.74) is 0.817. The first-order chi connectivity index (χ1) is 13.7. The van der Waals surface area contributed by atoms with Crippen molar-refractivity contribution in [3.63, 3.8) is 0 Å². The van der Waals surface area contributed by atoms with Crippen LogP contribution in [0.4, 0.5) is 4.39 Å². The van der Waals surface area contributed by atoms with E-state index in [4.69, 9.17) is 0 Å². The molecule has 29 heavy (non-hydrogen) atoms. The number of rotatable bonds is 5. The van der Waals surface area contributed by atoms with Crippen molar-refractivity contribution < 1.29 is 18.5 Å². The summed E-state index contributed by atoms with van der Waals surface area (Å²) in [6, 6.07) is 15.7. The fraction of sp³-hybridized carbons (Fsp3) is 0.167. The van der Waals surface area contributed by atoms with Gasteiger partial charge in [0.05, 0.1) is 5.56 Å². The van der Waals surface area contributed by atoms with Crippen LogP contribution in [0.5, 0.6) is 0 Å². The van der Waals surface area contributed by atoms with Gasteiger partial charge in [-0.25, -0.2) is 4.39 Å². The van der Waals surface area contributed by atoms with Gasteiger partial charge in [-0.3, -0.25) is 9.59 Å². The van der Waals surface area contributed by atoms with Crippen LogP contribution in [0, 0.1) is 33.5 Å². The molecule has 0 saturated heterocycles. The second-order valence-electron chi connectivity index (χ2n) is 7.26. The minimum Gasteiger partial charge on any atom is -0.302 e. The van der Waals surface area contributed by atoms with Gasteiger partial charge >= 0.3 is 0 Å². The molecule has 0 aliphatic rings. The number of hydrogen-bond acceptors (Lipinski definition) is 3. The number of aryl methyl sites for hydroxylation is 4. The third-order valence-electron chi connectivity index (χ3n) is 5.02.